The Labute approximate surface area is 172 Å². The summed E-state index contributed by atoms with van der Waals surface area (Å²) in [5.41, 5.74) is -0.775. The van der Waals surface area contributed by atoms with Crippen LogP contribution < -0.4 is 5.32 Å². The fourth-order valence-electron chi connectivity index (χ4n) is 2.86. The lowest BCUT2D eigenvalue weighted by atomic mass is 9.95. The summed E-state index contributed by atoms with van der Waals surface area (Å²) in [5.74, 6) is -4.25. The predicted octanol–water partition coefficient (Wildman–Crippen LogP) is 2.57. The molecule has 0 radical (unpaired) electrons. The third-order valence-electron chi connectivity index (χ3n) is 4.17. The summed E-state index contributed by atoms with van der Waals surface area (Å²) in [6.45, 7) is 1.63. The highest BCUT2D eigenvalue weighted by molar-refractivity contribution is 6.32. The molecule has 2 atom stereocenters. The minimum absolute atomic E-state index is 0.00828. The molecule has 0 spiro atoms. The van der Waals surface area contributed by atoms with E-state index in [1.165, 1.54) is 0 Å². The van der Waals surface area contributed by atoms with Gasteiger partial charge in [-0.15, -0.1) is 0 Å². The smallest absolute Gasteiger partial charge is 0.342 e. The Kier molecular flexibility index (Phi) is 3.95. The van der Waals surface area contributed by atoms with Crippen molar-refractivity contribution in [2.45, 2.75) is 31.9 Å². The molecule has 1 unspecified atom stereocenters. The molecule has 3 N–H and O–H groups in total. The molecule has 3 rings (SSSR count). The third-order valence-corrected chi connectivity index (χ3v) is 4.50. The van der Waals surface area contributed by atoms with Crippen LogP contribution in [-0.4, -0.2) is 40.2 Å². The number of phenols is 1. The van der Waals surface area contributed by atoms with Gasteiger partial charge in [0.05, 0.1) is 12.4 Å². The molecule has 1 aliphatic heterocycles. The summed E-state index contributed by atoms with van der Waals surface area (Å²) in [6.07, 6.45) is -0.909. The van der Waals surface area contributed by atoms with Gasteiger partial charge in [0.2, 0.25) is 0 Å². The van der Waals surface area contributed by atoms with Crippen LogP contribution in [0, 0.1) is 0 Å². The predicted molar refractivity (Wildman–Crippen MR) is 101 cm³/mol. The highest BCUT2D eigenvalue weighted by atomic mass is 35.5. The minimum atomic E-state index is -1.72. The van der Waals surface area contributed by atoms with Gasteiger partial charge in [0.25, 0.3) is 5.91 Å². The number of fused-ring (bicyclic) bond motifs is 1. The number of esters is 1. The van der Waals surface area contributed by atoms with Crippen LogP contribution >= 0.6 is 11.6 Å². The normalized spacial score (nSPS) is 19.1. The fraction of sp³-hybridized carbons (Fsp3) is 0.250. The quantitative estimate of drug-likeness (QED) is 0.655. The Morgan fingerprint density at radius 2 is 2.07 bits per heavy atom. The maximum absolute atomic E-state index is 12.8. The topological polar surface area (TPSA) is 113 Å². The molecule has 8 heteroatoms. The van der Waals surface area contributed by atoms with Crippen LogP contribution in [0.25, 0.3) is 0 Å². The summed E-state index contributed by atoms with van der Waals surface area (Å²) in [7, 11) is 0. The van der Waals surface area contributed by atoms with Gasteiger partial charge in [0.1, 0.15) is 23.5 Å². The second-order valence-electron chi connectivity index (χ2n) is 6.20. The summed E-state index contributed by atoms with van der Waals surface area (Å²) < 4.78 is 44.0. The molecule has 0 saturated heterocycles. The molecule has 7 nitrogen and oxygen atoms in total. The molecule has 2 aromatic rings. The summed E-state index contributed by atoms with van der Waals surface area (Å²) in [5, 5.41) is 22.2. The van der Waals surface area contributed by atoms with E-state index >= 15 is 0 Å². The van der Waals surface area contributed by atoms with Gasteiger partial charge in [0.15, 0.2) is 0 Å². The first-order chi connectivity index (χ1) is 15.3. The third kappa shape index (κ3) is 3.94. The van der Waals surface area contributed by atoms with Gasteiger partial charge in [-0.1, -0.05) is 41.8 Å². The molecule has 0 bridgehead atoms. The van der Waals surface area contributed by atoms with E-state index in [1.54, 1.807) is 6.92 Å². The molecular weight excluding hydrogens is 386 g/mol. The van der Waals surface area contributed by atoms with Crippen molar-refractivity contribution in [3.05, 3.63) is 63.6 Å². The first-order valence-electron chi connectivity index (χ1n) is 10.7. The highest BCUT2D eigenvalue weighted by Crippen LogP contribution is 2.36. The number of aliphatic carboxylic acids is 1. The van der Waals surface area contributed by atoms with E-state index in [0.29, 0.717) is 5.56 Å². The van der Waals surface area contributed by atoms with E-state index in [0.717, 1.165) is 6.07 Å². The molecule has 146 valence electrons. The van der Waals surface area contributed by atoms with Gasteiger partial charge in [-0.05, 0) is 24.1 Å². The zero-order chi connectivity index (χ0) is 24.8. The second-order valence-corrected chi connectivity index (χ2v) is 6.61. The lowest BCUT2D eigenvalue weighted by Crippen LogP contribution is -2.42. The van der Waals surface area contributed by atoms with Crippen LogP contribution in [-0.2, 0) is 22.4 Å². The number of carbonyl (C=O) groups excluding carboxylic acids is 2. The molecule has 1 aliphatic rings. The van der Waals surface area contributed by atoms with Crippen LogP contribution in [0.5, 0.6) is 5.75 Å². The van der Waals surface area contributed by atoms with E-state index in [2.05, 4.69) is 5.32 Å². The molecule has 1 heterocycles. The summed E-state index contributed by atoms with van der Waals surface area (Å²) >= 11 is 6.19. The molecule has 0 aliphatic carbocycles. The summed E-state index contributed by atoms with van der Waals surface area (Å²) in [6, 6.07) is -3.75. The number of amides is 1. The number of rotatable bonds is 5. The molecule has 0 aromatic heterocycles. The van der Waals surface area contributed by atoms with Crippen molar-refractivity contribution in [1.82, 2.24) is 5.32 Å². The maximum Gasteiger partial charge on any atom is 0.342 e. The lowest BCUT2D eigenvalue weighted by molar-refractivity contribution is -0.139. The second kappa shape index (κ2) is 7.90. The van der Waals surface area contributed by atoms with Crippen molar-refractivity contribution in [3.8, 4) is 5.75 Å². The summed E-state index contributed by atoms with van der Waals surface area (Å²) in [4.78, 5) is 36.8. The standard InChI is InChI=1S/C20H18ClNO6/c1-10-7-12-14(21)9-13(17(23)16(12)20(27)28-10)18(24)22-15(19(25)26)8-11-5-3-2-4-6-11/h2-6,9-10,15,23H,7-8H2,1H3,(H,22,24)(H,25,26)/t10-,15?/m1/s1/i2D,3D,4D,5D,6D. The maximum atomic E-state index is 12.8. The van der Waals surface area contributed by atoms with Gasteiger partial charge >= 0.3 is 11.9 Å². The van der Waals surface area contributed by atoms with Crippen LogP contribution in [0.2, 0.25) is 5.02 Å². The van der Waals surface area contributed by atoms with Gasteiger partial charge in [0, 0.05) is 17.9 Å². The Morgan fingerprint density at radius 1 is 1.39 bits per heavy atom. The van der Waals surface area contributed by atoms with E-state index in [-0.39, 0.29) is 22.6 Å². The molecule has 1 amide bonds. The number of carbonyl (C=O) groups is 3. The van der Waals surface area contributed by atoms with Gasteiger partial charge < -0.3 is 20.3 Å². The Bertz CT molecular complexity index is 1180. The molecular formula is C20H18ClNO6. The van der Waals surface area contributed by atoms with Crippen molar-refractivity contribution in [1.29, 1.82) is 0 Å². The molecule has 2 aromatic carbocycles. The Balaban J connectivity index is 1.97. The first kappa shape index (κ1) is 14.0. The molecule has 28 heavy (non-hydrogen) atoms. The number of nitrogens with one attached hydrogen (secondary N) is 1. The number of hydrogen-bond acceptors (Lipinski definition) is 5. The molecule has 0 fully saturated rings. The van der Waals surface area contributed by atoms with E-state index < -0.39 is 77.9 Å². The van der Waals surface area contributed by atoms with Crippen molar-refractivity contribution >= 4 is 29.4 Å². The lowest BCUT2D eigenvalue weighted by Gasteiger charge is -2.24. The van der Waals surface area contributed by atoms with Crippen molar-refractivity contribution in [2.24, 2.45) is 0 Å². The number of cyclic esters (lactones) is 1. The van der Waals surface area contributed by atoms with Gasteiger partial charge in [-0.25, -0.2) is 9.59 Å². The Morgan fingerprint density at radius 3 is 2.71 bits per heavy atom. The van der Waals surface area contributed by atoms with Crippen molar-refractivity contribution in [2.75, 3.05) is 0 Å². The number of carboxylic acids is 1. The highest BCUT2D eigenvalue weighted by Gasteiger charge is 2.33. The fourth-order valence-corrected chi connectivity index (χ4v) is 3.14. The van der Waals surface area contributed by atoms with Crippen LogP contribution in [0.15, 0.2) is 36.3 Å². The number of halogens is 1. The SMILES string of the molecule is [2H]c1c([2H])c([2H])c(CC(NC(=O)c2cc(Cl)c3c(c2O)C(=O)O[C@H](C)C3)C(=O)O)c([2H])c1[2H]. The minimum Gasteiger partial charge on any atom is -0.506 e. The Hall–Kier alpha value is -3.06. The number of benzene rings is 2. The van der Waals surface area contributed by atoms with Crippen LogP contribution in [0.3, 0.4) is 0 Å². The number of phenolic OH excluding ortho intramolecular Hbond substituents is 1. The van der Waals surface area contributed by atoms with Crippen LogP contribution in [0.1, 0.15) is 45.6 Å². The average molecular weight is 409 g/mol. The number of hydrogen-bond donors (Lipinski definition) is 3. The van der Waals surface area contributed by atoms with E-state index in [4.69, 9.17) is 23.2 Å². The zero-order valence-corrected chi connectivity index (χ0v) is 15.3. The van der Waals surface area contributed by atoms with Gasteiger partial charge in [-0.3, -0.25) is 4.79 Å². The van der Waals surface area contributed by atoms with Crippen LogP contribution in [0.4, 0.5) is 0 Å². The zero-order valence-electron chi connectivity index (χ0n) is 19.6. The van der Waals surface area contributed by atoms with E-state index in [9.17, 15) is 24.6 Å². The van der Waals surface area contributed by atoms with E-state index in [1.807, 2.05) is 0 Å². The van der Waals surface area contributed by atoms with Crippen molar-refractivity contribution < 1.29 is 36.2 Å². The largest absolute Gasteiger partial charge is 0.506 e. The molecule has 0 saturated carbocycles. The van der Waals surface area contributed by atoms with Gasteiger partial charge in [-0.2, -0.15) is 0 Å². The monoisotopic (exact) mass is 408 g/mol. The number of aromatic hydroxyl groups is 1. The number of carboxylic acid groups (broad SMARTS) is 1. The van der Waals surface area contributed by atoms with Crippen molar-refractivity contribution in [3.63, 3.8) is 0 Å². The number of ether oxygens (including phenoxy) is 1. The first-order valence-corrected chi connectivity index (χ1v) is 8.57. The average Bonchev–Trinajstić information content (AvgIpc) is 2.74.